The van der Waals surface area contributed by atoms with Crippen LogP contribution in [0.25, 0.3) is 5.69 Å². The number of nitrogens with two attached hydrogens (primary N) is 2. The van der Waals surface area contributed by atoms with Crippen molar-refractivity contribution in [1.82, 2.24) is 24.3 Å². The zero-order chi connectivity index (χ0) is 31.5. The van der Waals surface area contributed by atoms with E-state index in [2.05, 4.69) is 15.0 Å². The van der Waals surface area contributed by atoms with Gasteiger partial charge in [0.15, 0.2) is 0 Å². The van der Waals surface area contributed by atoms with Gasteiger partial charge in [-0.05, 0) is 58.7 Å². The molecule has 12 nitrogen and oxygen atoms in total. The molecule has 0 radical (unpaired) electrons. The van der Waals surface area contributed by atoms with Gasteiger partial charge in [-0.1, -0.05) is 6.07 Å². The van der Waals surface area contributed by atoms with Crippen LogP contribution >= 0.6 is 12.4 Å². The SMILES string of the molecule is CN(Cc1ccc(-n2ccc(NC(=O)N3CCN(C(=O)C(C)(C)N)CC3)nc2=O)cc1OC(F)(F)F)[C@H]1CC[C@H](N)CC1.Cl. The summed E-state index contributed by atoms with van der Waals surface area (Å²) in [6, 6.07) is 5.38. The number of alkyl halides is 3. The molecule has 1 aromatic carbocycles. The first-order chi connectivity index (χ1) is 20.1. The van der Waals surface area contributed by atoms with E-state index in [-0.39, 0.29) is 61.5 Å². The van der Waals surface area contributed by atoms with Crippen molar-refractivity contribution in [3.63, 3.8) is 0 Å². The second-order valence-corrected chi connectivity index (χ2v) is 11.7. The van der Waals surface area contributed by atoms with Crippen LogP contribution in [0.1, 0.15) is 45.1 Å². The summed E-state index contributed by atoms with van der Waals surface area (Å²) in [5.41, 5.74) is 10.5. The van der Waals surface area contributed by atoms with Crippen molar-refractivity contribution >= 4 is 30.2 Å². The minimum atomic E-state index is -4.93. The normalized spacial score (nSPS) is 19.4. The molecule has 2 aliphatic rings. The third-order valence-corrected chi connectivity index (χ3v) is 7.78. The topological polar surface area (TPSA) is 152 Å². The van der Waals surface area contributed by atoms with Crippen molar-refractivity contribution < 1.29 is 27.5 Å². The van der Waals surface area contributed by atoms with Gasteiger partial charge in [-0.2, -0.15) is 4.98 Å². The van der Waals surface area contributed by atoms with Crippen LogP contribution in [0.4, 0.5) is 23.8 Å². The second kappa shape index (κ2) is 14.1. The summed E-state index contributed by atoms with van der Waals surface area (Å²) in [6.07, 6.45) is -0.182. The molecule has 5 N–H and O–H groups in total. The number of piperazine rings is 1. The van der Waals surface area contributed by atoms with Crippen LogP contribution < -0.4 is 27.2 Å². The average molecular weight is 645 g/mol. The number of aromatic nitrogens is 2. The zero-order valence-electron chi connectivity index (χ0n) is 25.0. The number of carbonyl (C=O) groups is 2. The van der Waals surface area contributed by atoms with E-state index in [0.29, 0.717) is 18.7 Å². The van der Waals surface area contributed by atoms with Gasteiger partial charge < -0.3 is 26.0 Å². The highest BCUT2D eigenvalue weighted by Gasteiger charge is 2.33. The minimum absolute atomic E-state index is 0. The van der Waals surface area contributed by atoms with Crippen LogP contribution in [0.5, 0.6) is 5.75 Å². The molecule has 2 heterocycles. The van der Waals surface area contributed by atoms with Crippen molar-refractivity contribution in [2.24, 2.45) is 11.5 Å². The van der Waals surface area contributed by atoms with Gasteiger partial charge in [-0.25, -0.2) is 9.59 Å². The first-order valence-electron chi connectivity index (χ1n) is 14.2. The van der Waals surface area contributed by atoms with Crippen LogP contribution in [0.15, 0.2) is 35.3 Å². The van der Waals surface area contributed by atoms with E-state index >= 15 is 0 Å². The fourth-order valence-corrected chi connectivity index (χ4v) is 5.36. The molecule has 1 aliphatic carbocycles. The number of ether oxygens (including phenoxy) is 1. The molecule has 3 amide bonds. The van der Waals surface area contributed by atoms with Gasteiger partial charge in [0.1, 0.15) is 11.6 Å². The molecule has 1 aromatic heterocycles. The van der Waals surface area contributed by atoms with Crippen molar-refractivity contribution in [2.45, 2.75) is 70.1 Å². The number of nitrogens with zero attached hydrogens (tertiary/aromatic N) is 5. The van der Waals surface area contributed by atoms with Gasteiger partial charge in [0.2, 0.25) is 5.91 Å². The maximum Gasteiger partial charge on any atom is 0.573 e. The standard InChI is InChI=1S/C28H39F3N8O4.ClH/c1-27(2,33)24(40)37-12-14-38(15-13-37)25(41)34-23-10-11-39(26(42)35-23)21-7-4-18(22(16-21)43-28(29,30)31)17-36(3)20-8-5-19(32)6-9-20;/h4,7,10-11,16,19-20H,5-6,8-9,12-15,17,32-33H2,1-3H3,(H,34,35,41,42);1H/t19-,20-;. The number of amides is 3. The number of hydrogen-bond acceptors (Lipinski definition) is 8. The smallest absolute Gasteiger partial charge is 0.405 e. The predicted octanol–water partition coefficient (Wildman–Crippen LogP) is 2.67. The Morgan fingerprint density at radius 2 is 1.68 bits per heavy atom. The molecule has 0 unspecified atom stereocenters. The second-order valence-electron chi connectivity index (χ2n) is 11.7. The van der Waals surface area contributed by atoms with Crippen LogP contribution in [0.3, 0.4) is 0 Å². The van der Waals surface area contributed by atoms with E-state index in [1.54, 1.807) is 18.7 Å². The zero-order valence-corrected chi connectivity index (χ0v) is 25.8. The molecular weight excluding hydrogens is 605 g/mol. The molecule has 2 aromatic rings. The number of benzene rings is 1. The number of carbonyl (C=O) groups excluding carboxylic acids is 2. The molecule has 16 heteroatoms. The van der Waals surface area contributed by atoms with Gasteiger partial charge in [-0.15, -0.1) is 25.6 Å². The van der Waals surface area contributed by atoms with Gasteiger partial charge in [0, 0.05) is 62.6 Å². The highest BCUT2D eigenvalue weighted by atomic mass is 35.5. The van der Waals surface area contributed by atoms with Gasteiger partial charge >= 0.3 is 18.1 Å². The Hall–Kier alpha value is -3.40. The fraction of sp³-hybridized carbons (Fsp3) is 0.571. The number of hydrogen-bond donors (Lipinski definition) is 3. The summed E-state index contributed by atoms with van der Waals surface area (Å²) in [5, 5.41) is 2.56. The maximum absolute atomic E-state index is 13.3. The lowest BCUT2D eigenvalue weighted by Gasteiger charge is -2.37. The van der Waals surface area contributed by atoms with Crippen LogP contribution in [0, 0.1) is 0 Å². The average Bonchev–Trinajstić information content (AvgIpc) is 2.93. The Balaban J connectivity index is 0.00000529. The molecule has 1 saturated heterocycles. The number of rotatable bonds is 7. The third-order valence-electron chi connectivity index (χ3n) is 7.78. The Bertz CT molecular complexity index is 1370. The van der Waals surface area contributed by atoms with E-state index in [9.17, 15) is 27.6 Å². The molecule has 0 bridgehead atoms. The molecular formula is C28H40ClF3N8O4. The van der Waals surface area contributed by atoms with Crippen molar-refractivity contribution in [3.8, 4) is 11.4 Å². The Labute approximate surface area is 259 Å². The lowest BCUT2D eigenvalue weighted by molar-refractivity contribution is -0.275. The van der Waals surface area contributed by atoms with Gasteiger partial charge in [0.05, 0.1) is 11.2 Å². The fourth-order valence-electron chi connectivity index (χ4n) is 5.36. The largest absolute Gasteiger partial charge is 0.573 e. The quantitative estimate of drug-likeness (QED) is 0.416. The van der Waals surface area contributed by atoms with E-state index in [0.717, 1.165) is 36.3 Å². The number of halogens is 4. The van der Waals surface area contributed by atoms with E-state index in [1.165, 1.54) is 29.3 Å². The van der Waals surface area contributed by atoms with E-state index in [4.69, 9.17) is 11.5 Å². The number of urea groups is 1. The summed E-state index contributed by atoms with van der Waals surface area (Å²) >= 11 is 0. The Morgan fingerprint density at radius 1 is 1.07 bits per heavy atom. The summed E-state index contributed by atoms with van der Waals surface area (Å²) in [7, 11) is 1.86. The van der Waals surface area contributed by atoms with Crippen molar-refractivity contribution in [1.29, 1.82) is 0 Å². The molecule has 0 atom stereocenters. The lowest BCUT2D eigenvalue weighted by Crippen LogP contribution is -2.58. The number of nitrogens with one attached hydrogen (secondary N) is 1. The first kappa shape index (κ1) is 35.1. The summed E-state index contributed by atoms with van der Waals surface area (Å²) in [4.78, 5) is 46.9. The summed E-state index contributed by atoms with van der Waals surface area (Å²) in [5.74, 6) is -0.648. The summed E-state index contributed by atoms with van der Waals surface area (Å²) < 4.78 is 45.3. The Kier molecular flexibility index (Phi) is 11.3. The van der Waals surface area contributed by atoms with Gasteiger partial charge in [0.25, 0.3) is 0 Å². The minimum Gasteiger partial charge on any atom is -0.405 e. The first-order valence-corrected chi connectivity index (χ1v) is 14.2. The van der Waals surface area contributed by atoms with E-state index in [1.807, 2.05) is 11.9 Å². The molecule has 4 rings (SSSR count). The van der Waals surface area contributed by atoms with Crippen molar-refractivity contribution in [3.05, 3.63) is 46.5 Å². The van der Waals surface area contributed by atoms with Crippen LogP contribution in [-0.4, -0.2) is 93.4 Å². The predicted molar refractivity (Wildman–Crippen MR) is 161 cm³/mol. The third kappa shape index (κ3) is 9.06. The lowest BCUT2D eigenvalue weighted by atomic mass is 9.91. The monoisotopic (exact) mass is 644 g/mol. The molecule has 1 aliphatic heterocycles. The van der Waals surface area contributed by atoms with E-state index < -0.39 is 29.4 Å². The molecule has 1 saturated carbocycles. The molecule has 44 heavy (non-hydrogen) atoms. The molecule has 0 spiro atoms. The van der Waals surface area contributed by atoms with Crippen LogP contribution in [0.2, 0.25) is 0 Å². The summed E-state index contributed by atoms with van der Waals surface area (Å²) in [6.45, 7) is 4.61. The van der Waals surface area contributed by atoms with Crippen molar-refractivity contribution in [2.75, 3.05) is 38.5 Å². The van der Waals surface area contributed by atoms with Gasteiger partial charge in [-0.3, -0.25) is 19.6 Å². The highest BCUT2D eigenvalue weighted by molar-refractivity contribution is 5.89. The highest BCUT2D eigenvalue weighted by Crippen LogP contribution is 2.31. The molecule has 244 valence electrons. The molecule has 2 fully saturated rings. The van der Waals surface area contributed by atoms with Crippen LogP contribution in [-0.2, 0) is 11.3 Å². The number of anilines is 1. The Morgan fingerprint density at radius 3 is 2.25 bits per heavy atom. The maximum atomic E-state index is 13.3.